The Bertz CT molecular complexity index is 358. The van der Waals surface area contributed by atoms with Gasteiger partial charge in [-0.25, -0.2) is 8.78 Å². The van der Waals surface area contributed by atoms with E-state index < -0.39 is 6.43 Å². The van der Waals surface area contributed by atoms with Crippen molar-refractivity contribution in [3.05, 3.63) is 34.9 Å². The van der Waals surface area contributed by atoms with Gasteiger partial charge in [0, 0.05) is 17.1 Å². The molecule has 0 radical (unpaired) electrons. The second-order valence-corrected chi connectivity index (χ2v) is 4.63. The fourth-order valence-electron chi connectivity index (χ4n) is 1.98. The predicted molar refractivity (Wildman–Crippen MR) is 66.5 cm³/mol. The third-order valence-electron chi connectivity index (χ3n) is 2.59. The Hall–Kier alpha value is -0.710. The van der Waals surface area contributed by atoms with Gasteiger partial charge in [-0.15, -0.1) is 0 Å². The number of rotatable bonds is 5. The minimum atomic E-state index is -2.37. The first-order chi connectivity index (χ1) is 7.91. The molecule has 1 aromatic rings. The molecular weight excluding hydrogens is 246 g/mol. The molecule has 2 nitrogen and oxygen atoms in total. The lowest BCUT2D eigenvalue weighted by Gasteiger charge is -2.31. The van der Waals surface area contributed by atoms with E-state index >= 15 is 0 Å². The van der Waals surface area contributed by atoms with E-state index in [4.69, 9.17) is 17.3 Å². The lowest BCUT2D eigenvalue weighted by molar-refractivity contribution is 0.0754. The van der Waals surface area contributed by atoms with Crippen LogP contribution in [-0.4, -0.2) is 31.0 Å². The maximum absolute atomic E-state index is 12.4. The molecule has 0 aliphatic heterocycles. The highest BCUT2D eigenvalue weighted by atomic mass is 35.5. The van der Waals surface area contributed by atoms with Crippen molar-refractivity contribution in [1.29, 1.82) is 0 Å². The van der Waals surface area contributed by atoms with E-state index in [0.717, 1.165) is 5.56 Å². The highest BCUT2D eigenvalue weighted by molar-refractivity contribution is 6.30. The topological polar surface area (TPSA) is 29.3 Å². The summed E-state index contributed by atoms with van der Waals surface area (Å²) in [5.41, 5.74) is 6.72. The zero-order valence-electron chi connectivity index (χ0n) is 9.91. The maximum Gasteiger partial charge on any atom is 0.251 e. The minimum absolute atomic E-state index is 0.253. The van der Waals surface area contributed by atoms with E-state index in [1.807, 2.05) is 6.07 Å². The van der Waals surface area contributed by atoms with Gasteiger partial charge in [-0.3, -0.25) is 4.90 Å². The van der Waals surface area contributed by atoms with Gasteiger partial charge in [0.1, 0.15) is 0 Å². The molecule has 0 heterocycles. The first-order valence-electron chi connectivity index (χ1n) is 5.41. The molecule has 1 aromatic carbocycles. The molecule has 0 bridgehead atoms. The van der Waals surface area contributed by atoms with Gasteiger partial charge >= 0.3 is 0 Å². The van der Waals surface area contributed by atoms with E-state index in [-0.39, 0.29) is 18.6 Å². The molecule has 0 saturated heterocycles. The molecule has 2 N–H and O–H groups in total. The molecule has 0 saturated carbocycles. The molecule has 1 rings (SSSR count). The number of benzene rings is 1. The van der Waals surface area contributed by atoms with Crippen LogP contribution in [0.4, 0.5) is 8.78 Å². The Labute approximate surface area is 105 Å². The minimum Gasteiger partial charge on any atom is -0.326 e. The Morgan fingerprint density at radius 2 is 2.06 bits per heavy atom. The quantitative estimate of drug-likeness (QED) is 0.884. The molecule has 96 valence electrons. The summed E-state index contributed by atoms with van der Waals surface area (Å²) >= 11 is 5.90. The summed E-state index contributed by atoms with van der Waals surface area (Å²) in [6, 6.07) is 6.64. The van der Waals surface area contributed by atoms with Crippen molar-refractivity contribution in [3.63, 3.8) is 0 Å². The second-order valence-electron chi connectivity index (χ2n) is 4.19. The van der Waals surface area contributed by atoms with Crippen molar-refractivity contribution in [2.75, 3.05) is 13.6 Å². The monoisotopic (exact) mass is 262 g/mol. The third-order valence-corrected chi connectivity index (χ3v) is 2.82. The molecule has 5 heteroatoms. The second kappa shape index (κ2) is 6.28. The predicted octanol–water partition coefficient (Wildman–Crippen LogP) is 2.93. The van der Waals surface area contributed by atoms with Crippen molar-refractivity contribution < 1.29 is 8.78 Å². The van der Waals surface area contributed by atoms with E-state index in [2.05, 4.69) is 0 Å². The highest BCUT2D eigenvalue weighted by Crippen LogP contribution is 2.25. The van der Waals surface area contributed by atoms with Gasteiger partial charge in [0.05, 0.1) is 6.54 Å². The Kier molecular flexibility index (Phi) is 5.31. The number of halogens is 3. The highest BCUT2D eigenvalue weighted by Gasteiger charge is 2.23. The molecule has 0 aromatic heterocycles. The largest absolute Gasteiger partial charge is 0.326 e. The van der Waals surface area contributed by atoms with Gasteiger partial charge in [-0.05, 0) is 31.7 Å². The number of hydrogen-bond acceptors (Lipinski definition) is 2. The van der Waals surface area contributed by atoms with Crippen molar-refractivity contribution in [2.24, 2.45) is 5.73 Å². The van der Waals surface area contributed by atoms with Gasteiger partial charge in [0.2, 0.25) is 0 Å². The first kappa shape index (κ1) is 14.4. The van der Waals surface area contributed by atoms with Crippen LogP contribution in [-0.2, 0) is 0 Å². The van der Waals surface area contributed by atoms with Gasteiger partial charge in [-0.2, -0.15) is 0 Å². The average Bonchev–Trinajstić information content (AvgIpc) is 2.15. The summed E-state index contributed by atoms with van der Waals surface area (Å²) in [5, 5.41) is 0.582. The normalized spacial score (nSPS) is 15.3. The van der Waals surface area contributed by atoms with Crippen LogP contribution in [0.3, 0.4) is 0 Å². The SMILES string of the molecule is CC(N)C(c1cccc(Cl)c1)N(C)CC(F)F. The standard InChI is InChI=1S/C12H17ClF2N2/c1-8(16)12(17(2)7-11(14)15)9-4-3-5-10(13)6-9/h3-6,8,11-12H,7,16H2,1-2H3. The van der Waals surface area contributed by atoms with Crippen LogP contribution in [0, 0.1) is 0 Å². The zero-order valence-corrected chi connectivity index (χ0v) is 10.7. The first-order valence-corrected chi connectivity index (χ1v) is 5.79. The van der Waals surface area contributed by atoms with E-state index in [1.165, 1.54) is 0 Å². The molecule has 0 spiro atoms. The van der Waals surface area contributed by atoms with Gasteiger partial charge in [0.15, 0.2) is 0 Å². The van der Waals surface area contributed by atoms with E-state index in [0.29, 0.717) is 5.02 Å². The van der Waals surface area contributed by atoms with Crippen molar-refractivity contribution in [1.82, 2.24) is 4.90 Å². The lowest BCUT2D eigenvalue weighted by atomic mass is 10.00. The van der Waals surface area contributed by atoms with Crippen molar-refractivity contribution in [3.8, 4) is 0 Å². The molecule has 2 atom stereocenters. The molecule has 2 unspecified atom stereocenters. The van der Waals surface area contributed by atoms with Crippen LogP contribution in [0.1, 0.15) is 18.5 Å². The van der Waals surface area contributed by atoms with Crippen LogP contribution in [0.5, 0.6) is 0 Å². The van der Waals surface area contributed by atoms with E-state index in [1.54, 1.807) is 37.1 Å². The maximum atomic E-state index is 12.4. The smallest absolute Gasteiger partial charge is 0.251 e. The van der Waals surface area contributed by atoms with Crippen LogP contribution in [0.25, 0.3) is 0 Å². The summed E-state index contributed by atoms with van der Waals surface area (Å²) in [7, 11) is 1.64. The Morgan fingerprint density at radius 3 is 2.53 bits per heavy atom. The van der Waals surface area contributed by atoms with Gasteiger partial charge in [-0.1, -0.05) is 23.7 Å². The number of likely N-dealkylation sites (N-methyl/N-ethyl adjacent to an activating group) is 1. The van der Waals surface area contributed by atoms with Crippen LogP contribution >= 0.6 is 11.6 Å². The van der Waals surface area contributed by atoms with Crippen LogP contribution in [0.2, 0.25) is 5.02 Å². The lowest BCUT2D eigenvalue weighted by Crippen LogP contribution is -2.39. The van der Waals surface area contributed by atoms with E-state index in [9.17, 15) is 8.78 Å². The molecule has 0 fully saturated rings. The third kappa shape index (κ3) is 4.22. The molecule has 0 aliphatic carbocycles. The summed E-state index contributed by atoms with van der Waals surface area (Å²) in [5.74, 6) is 0. The summed E-state index contributed by atoms with van der Waals surface area (Å²) in [6.07, 6.45) is -2.37. The number of nitrogens with two attached hydrogens (primary N) is 1. The Balaban J connectivity index is 2.93. The zero-order chi connectivity index (χ0) is 13.0. The van der Waals surface area contributed by atoms with Crippen molar-refractivity contribution in [2.45, 2.75) is 25.4 Å². The van der Waals surface area contributed by atoms with Crippen molar-refractivity contribution >= 4 is 11.6 Å². The van der Waals surface area contributed by atoms with Crippen LogP contribution < -0.4 is 5.73 Å². The molecule has 17 heavy (non-hydrogen) atoms. The number of nitrogens with zero attached hydrogens (tertiary/aromatic N) is 1. The molecule has 0 amide bonds. The summed E-state index contributed by atoms with van der Waals surface area (Å²) < 4.78 is 24.8. The summed E-state index contributed by atoms with van der Waals surface area (Å²) in [6.45, 7) is 1.49. The van der Waals surface area contributed by atoms with Crippen LogP contribution in [0.15, 0.2) is 24.3 Å². The summed E-state index contributed by atoms with van der Waals surface area (Å²) in [4.78, 5) is 1.56. The fraction of sp³-hybridized carbons (Fsp3) is 0.500. The van der Waals surface area contributed by atoms with Gasteiger partial charge in [0.25, 0.3) is 6.43 Å². The average molecular weight is 263 g/mol. The fourth-order valence-corrected chi connectivity index (χ4v) is 2.18. The number of hydrogen-bond donors (Lipinski definition) is 1. The molecule has 0 aliphatic rings. The number of alkyl halides is 2. The molecular formula is C12H17ClF2N2. The van der Waals surface area contributed by atoms with Gasteiger partial charge < -0.3 is 5.73 Å². The Morgan fingerprint density at radius 1 is 1.41 bits per heavy atom.